The van der Waals surface area contributed by atoms with Gasteiger partial charge in [0.05, 0.1) is 30.2 Å². The Morgan fingerprint density at radius 2 is 1.61 bits per heavy atom. The number of amides is 1. The van der Waals surface area contributed by atoms with Crippen LogP contribution in [0.2, 0.25) is 0 Å². The van der Waals surface area contributed by atoms with Crippen molar-refractivity contribution in [2.45, 2.75) is 12.5 Å². The fourth-order valence-electron chi connectivity index (χ4n) is 3.71. The van der Waals surface area contributed by atoms with Gasteiger partial charge in [-0.3, -0.25) is 9.10 Å². The predicted molar refractivity (Wildman–Crippen MR) is 114 cm³/mol. The van der Waals surface area contributed by atoms with Crippen LogP contribution in [0.3, 0.4) is 0 Å². The quantitative estimate of drug-likeness (QED) is 0.655. The zero-order chi connectivity index (χ0) is 21.8. The summed E-state index contributed by atoms with van der Waals surface area (Å²) in [6, 6.07) is 15.1. The number of morpholine rings is 1. The molecule has 8 nitrogen and oxygen atoms in total. The number of esters is 1. The SMILES string of the molecule is O=C(O[C@@H](C(=O)N1CCOCC1)c1ccccc1)c1ccc(N2CCCS2(=O)=O)cc1. The maximum Gasteiger partial charge on any atom is 0.339 e. The second kappa shape index (κ2) is 9.07. The molecule has 0 N–H and O–H groups in total. The molecule has 2 aliphatic rings. The van der Waals surface area contributed by atoms with Gasteiger partial charge >= 0.3 is 5.97 Å². The Hall–Kier alpha value is -2.91. The molecule has 0 bridgehead atoms. The summed E-state index contributed by atoms with van der Waals surface area (Å²) >= 11 is 0. The first-order chi connectivity index (χ1) is 15.0. The number of carbonyl (C=O) groups is 2. The number of rotatable bonds is 5. The van der Waals surface area contributed by atoms with Crippen molar-refractivity contribution in [2.24, 2.45) is 0 Å². The van der Waals surface area contributed by atoms with Crippen LogP contribution in [0.25, 0.3) is 0 Å². The topological polar surface area (TPSA) is 93.2 Å². The van der Waals surface area contributed by atoms with Crippen molar-refractivity contribution < 1.29 is 27.5 Å². The molecule has 1 amide bonds. The Morgan fingerprint density at radius 1 is 0.935 bits per heavy atom. The van der Waals surface area contributed by atoms with E-state index in [2.05, 4.69) is 0 Å². The molecule has 31 heavy (non-hydrogen) atoms. The third-order valence-corrected chi connectivity index (χ3v) is 7.23. The first kappa shape index (κ1) is 21.3. The minimum absolute atomic E-state index is 0.124. The van der Waals surface area contributed by atoms with Crippen LogP contribution in [0.1, 0.15) is 28.4 Å². The van der Waals surface area contributed by atoms with E-state index in [0.717, 1.165) is 0 Å². The molecule has 164 valence electrons. The molecule has 0 aromatic heterocycles. The Kier molecular flexibility index (Phi) is 6.24. The van der Waals surface area contributed by atoms with Gasteiger partial charge in [0.25, 0.3) is 5.91 Å². The molecule has 2 aliphatic heterocycles. The lowest BCUT2D eigenvalue weighted by molar-refractivity contribution is -0.145. The van der Waals surface area contributed by atoms with E-state index in [1.54, 1.807) is 41.3 Å². The summed E-state index contributed by atoms with van der Waals surface area (Å²) in [7, 11) is -3.30. The summed E-state index contributed by atoms with van der Waals surface area (Å²) in [5.74, 6) is -0.812. The molecule has 0 spiro atoms. The van der Waals surface area contributed by atoms with Crippen LogP contribution in [0.15, 0.2) is 54.6 Å². The predicted octanol–water partition coefficient (Wildman–Crippen LogP) is 1.98. The summed E-state index contributed by atoms with van der Waals surface area (Å²) in [5.41, 5.74) is 1.35. The van der Waals surface area contributed by atoms with Crippen molar-refractivity contribution in [1.29, 1.82) is 0 Å². The van der Waals surface area contributed by atoms with Gasteiger partial charge in [-0.15, -0.1) is 0 Å². The maximum atomic E-state index is 13.1. The number of carbonyl (C=O) groups excluding carboxylic acids is 2. The summed E-state index contributed by atoms with van der Waals surface area (Å²) < 4.78 is 36.5. The Morgan fingerprint density at radius 3 is 2.23 bits per heavy atom. The standard InChI is InChI=1S/C22H24N2O6S/c25-21(23-12-14-29-15-13-23)20(17-5-2-1-3-6-17)30-22(26)18-7-9-19(10-8-18)24-11-4-16-31(24,27)28/h1-3,5-10,20H,4,11-16H2/t20-/m1/s1. The maximum absolute atomic E-state index is 13.1. The minimum atomic E-state index is -3.30. The van der Waals surface area contributed by atoms with Gasteiger partial charge in [0, 0.05) is 25.2 Å². The minimum Gasteiger partial charge on any atom is -0.444 e. The molecule has 2 fully saturated rings. The molecule has 2 heterocycles. The normalized spacial score (nSPS) is 19.1. The fourth-order valence-corrected chi connectivity index (χ4v) is 5.27. The fraction of sp³-hybridized carbons (Fsp3) is 0.364. The molecule has 4 rings (SSSR count). The number of anilines is 1. The zero-order valence-electron chi connectivity index (χ0n) is 17.0. The van der Waals surface area contributed by atoms with Crippen LogP contribution >= 0.6 is 0 Å². The lowest BCUT2D eigenvalue weighted by Gasteiger charge is -2.30. The first-order valence-electron chi connectivity index (χ1n) is 10.2. The van der Waals surface area contributed by atoms with Crippen LogP contribution in [-0.4, -0.2) is 63.8 Å². The van der Waals surface area contributed by atoms with E-state index in [4.69, 9.17) is 9.47 Å². The van der Waals surface area contributed by atoms with Gasteiger partial charge in [0.2, 0.25) is 16.1 Å². The highest BCUT2D eigenvalue weighted by atomic mass is 32.2. The van der Waals surface area contributed by atoms with Gasteiger partial charge in [-0.2, -0.15) is 0 Å². The number of hydrogen-bond acceptors (Lipinski definition) is 6. The van der Waals surface area contributed by atoms with Crippen LogP contribution in [0, 0.1) is 0 Å². The van der Waals surface area contributed by atoms with E-state index >= 15 is 0 Å². The van der Waals surface area contributed by atoms with E-state index < -0.39 is 22.1 Å². The molecule has 0 radical (unpaired) electrons. The number of nitrogens with zero attached hydrogens (tertiary/aromatic N) is 2. The zero-order valence-corrected chi connectivity index (χ0v) is 17.8. The molecule has 2 saturated heterocycles. The van der Waals surface area contributed by atoms with Crippen LogP contribution < -0.4 is 4.31 Å². The van der Waals surface area contributed by atoms with Crippen molar-refractivity contribution in [3.05, 3.63) is 65.7 Å². The summed E-state index contributed by atoms with van der Waals surface area (Å²) in [5, 5.41) is 0. The number of ether oxygens (including phenoxy) is 2. The third-order valence-electron chi connectivity index (χ3n) is 5.36. The molecule has 2 aromatic carbocycles. The average molecular weight is 445 g/mol. The van der Waals surface area contributed by atoms with Gasteiger partial charge < -0.3 is 14.4 Å². The largest absolute Gasteiger partial charge is 0.444 e. The van der Waals surface area contributed by atoms with Crippen LogP contribution in [-0.2, 0) is 24.3 Å². The van der Waals surface area contributed by atoms with E-state index in [1.165, 1.54) is 16.4 Å². The highest BCUT2D eigenvalue weighted by molar-refractivity contribution is 7.93. The third kappa shape index (κ3) is 4.72. The Balaban J connectivity index is 1.52. The molecule has 1 atom stereocenters. The molecule has 0 aliphatic carbocycles. The van der Waals surface area contributed by atoms with Crippen molar-refractivity contribution in [3.63, 3.8) is 0 Å². The number of hydrogen-bond donors (Lipinski definition) is 0. The highest BCUT2D eigenvalue weighted by Gasteiger charge is 2.31. The molecule has 0 saturated carbocycles. The molecular weight excluding hydrogens is 420 g/mol. The van der Waals surface area contributed by atoms with Crippen molar-refractivity contribution >= 4 is 27.6 Å². The number of sulfonamides is 1. The molecule has 2 aromatic rings. The summed E-state index contributed by atoms with van der Waals surface area (Å²) in [4.78, 5) is 27.5. The van der Waals surface area contributed by atoms with Crippen molar-refractivity contribution in [2.75, 3.05) is 42.9 Å². The van der Waals surface area contributed by atoms with E-state index in [9.17, 15) is 18.0 Å². The summed E-state index contributed by atoms with van der Waals surface area (Å²) in [6.07, 6.45) is -0.487. The van der Waals surface area contributed by atoms with E-state index in [1.807, 2.05) is 6.07 Å². The second-order valence-corrected chi connectivity index (χ2v) is 9.44. The van der Waals surface area contributed by atoms with Gasteiger partial charge in [-0.25, -0.2) is 13.2 Å². The van der Waals surface area contributed by atoms with Gasteiger partial charge in [0.1, 0.15) is 0 Å². The lowest BCUT2D eigenvalue weighted by atomic mass is 10.1. The van der Waals surface area contributed by atoms with Crippen LogP contribution in [0.4, 0.5) is 5.69 Å². The second-order valence-electron chi connectivity index (χ2n) is 7.42. The Labute approximate surface area is 181 Å². The average Bonchev–Trinajstić information content (AvgIpc) is 3.17. The molecular formula is C22H24N2O6S. The molecule has 9 heteroatoms. The van der Waals surface area contributed by atoms with Crippen molar-refractivity contribution in [1.82, 2.24) is 4.90 Å². The van der Waals surface area contributed by atoms with E-state index in [0.29, 0.717) is 50.5 Å². The highest BCUT2D eigenvalue weighted by Crippen LogP contribution is 2.26. The molecule has 0 unspecified atom stereocenters. The smallest absolute Gasteiger partial charge is 0.339 e. The van der Waals surface area contributed by atoms with Gasteiger partial charge in [-0.1, -0.05) is 30.3 Å². The van der Waals surface area contributed by atoms with Gasteiger partial charge in [-0.05, 0) is 30.7 Å². The Bertz CT molecular complexity index is 1030. The lowest BCUT2D eigenvalue weighted by Crippen LogP contribution is -2.44. The van der Waals surface area contributed by atoms with Crippen LogP contribution in [0.5, 0.6) is 0 Å². The van der Waals surface area contributed by atoms with E-state index in [-0.39, 0.29) is 17.2 Å². The monoisotopic (exact) mass is 444 g/mol. The van der Waals surface area contributed by atoms with Crippen molar-refractivity contribution in [3.8, 4) is 0 Å². The summed E-state index contributed by atoms with van der Waals surface area (Å²) in [6.45, 7) is 2.21. The first-order valence-corrected chi connectivity index (χ1v) is 11.8. The van der Waals surface area contributed by atoms with Gasteiger partial charge in [0.15, 0.2) is 0 Å². The number of benzene rings is 2.